The first-order chi connectivity index (χ1) is 12.7. The highest BCUT2D eigenvalue weighted by molar-refractivity contribution is 5.71. The second-order valence-electron chi connectivity index (χ2n) is 6.30. The van der Waals surface area contributed by atoms with Gasteiger partial charge in [-0.2, -0.15) is 0 Å². The summed E-state index contributed by atoms with van der Waals surface area (Å²) in [5.41, 5.74) is 2.10. The molecule has 0 spiro atoms. The number of benzene rings is 1. The Balaban J connectivity index is 1.56. The zero-order chi connectivity index (χ0) is 17.9. The number of carbonyl (C=O) groups excluding carboxylic acids is 1. The van der Waals surface area contributed by atoms with Gasteiger partial charge in [0.2, 0.25) is 0 Å². The summed E-state index contributed by atoms with van der Waals surface area (Å²) in [6, 6.07) is 7.47. The van der Waals surface area contributed by atoms with Crippen molar-refractivity contribution in [3.63, 3.8) is 0 Å². The summed E-state index contributed by atoms with van der Waals surface area (Å²) in [5.74, 6) is 5.80. The van der Waals surface area contributed by atoms with Crippen molar-refractivity contribution < 1.29 is 18.7 Å². The van der Waals surface area contributed by atoms with Gasteiger partial charge in [-0.1, -0.05) is 24.0 Å². The van der Waals surface area contributed by atoms with Crippen LogP contribution in [-0.2, 0) is 9.47 Å². The molecule has 1 N–H and O–H groups in total. The third kappa shape index (κ3) is 3.53. The van der Waals surface area contributed by atoms with Crippen molar-refractivity contribution in [2.45, 2.75) is 31.1 Å². The van der Waals surface area contributed by atoms with Crippen LogP contribution < -0.4 is 5.32 Å². The fourth-order valence-corrected chi connectivity index (χ4v) is 3.03. The molecule has 1 unspecified atom stereocenters. The van der Waals surface area contributed by atoms with Crippen molar-refractivity contribution >= 4 is 6.09 Å². The summed E-state index contributed by atoms with van der Waals surface area (Å²) in [6.45, 7) is 0.812. The second kappa shape index (κ2) is 7.14. The molecule has 0 saturated carbocycles. The minimum Gasteiger partial charge on any atom is -0.439 e. The summed E-state index contributed by atoms with van der Waals surface area (Å²) in [6.07, 6.45) is 4.15. The molecular formula is C20H17FN2O3. The SMILES string of the molecule is O=C1N[C@H](c2cncc(C#CCC3CCO3)c2)[C@@H](c2cccc(F)c2)O1. The van der Waals surface area contributed by atoms with Gasteiger partial charge in [-0.15, -0.1) is 0 Å². The number of amides is 1. The monoisotopic (exact) mass is 352 g/mol. The fraction of sp³-hybridized carbons (Fsp3) is 0.300. The molecule has 2 aliphatic heterocycles. The number of ether oxygens (including phenoxy) is 2. The van der Waals surface area contributed by atoms with E-state index in [9.17, 15) is 9.18 Å². The van der Waals surface area contributed by atoms with E-state index < -0.39 is 18.2 Å². The van der Waals surface area contributed by atoms with Gasteiger partial charge in [0, 0.05) is 31.0 Å². The Morgan fingerprint density at radius 3 is 2.92 bits per heavy atom. The van der Waals surface area contributed by atoms with E-state index in [1.54, 1.807) is 24.5 Å². The van der Waals surface area contributed by atoms with E-state index >= 15 is 0 Å². The highest BCUT2D eigenvalue weighted by Gasteiger charge is 2.36. The second-order valence-corrected chi connectivity index (χ2v) is 6.30. The minimum atomic E-state index is -0.619. The summed E-state index contributed by atoms with van der Waals surface area (Å²) in [7, 11) is 0. The third-order valence-electron chi connectivity index (χ3n) is 4.46. The largest absolute Gasteiger partial charge is 0.439 e. The van der Waals surface area contributed by atoms with Crippen molar-refractivity contribution in [3.05, 3.63) is 65.2 Å². The molecule has 2 fully saturated rings. The number of rotatable bonds is 3. The summed E-state index contributed by atoms with van der Waals surface area (Å²) in [4.78, 5) is 16.0. The number of hydrogen-bond acceptors (Lipinski definition) is 4. The van der Waals surface area contributed by atoms with Crippen LogP contribution in [0.3, 0.4) is 0 Å². The molecule has 1 aromatic carbocycles. The smallest absolute Gasteiger partial charge is 0.408 e. The van der Waals surface area contributed by atoms with E-state index in [-0.39, 0.29) is 11.9 Å². The number of halogens is 1. The van der Waals surface area contributed by atoms with Crippen molar-refractivity contribution in [3.8, 4) is 11.8 Å². The number of pyridine rings is 1. The van der Waals surface area contributed by atoms with E-state index in [1.807, 2.05) is 6.07 Å². The van der Waals surface area contributed by atoms with Gasteiger partial charge in [-0.05, 0) is 35.7 Å². The Morgan fingerprint density at radius 2 is 2.15 bits per heavy atom. The molecule has 1 aromatic heterocycles. The van der Waals surface area contributed by atoms with Crippen LogP contribution in [0.15, 0.2) is 42.7 Å². The number of carbonyl (C=O) groups is 1. The predicted molar refractivity (Wildman–Crippen MR) is 91.6 cm³/mol. The highest BCUT2D eigenvalue weighted by Crippen LogP contribution is 2.36. The molecule has 5 nitrogen and oxygen atoms in total. The molecule has 1 amide bonds. The lowest BCUT2D eigenvalue weighted by atomic mass is 9.97. The van der Waals surface area contributed by atoms with Crippen molar-refractivity contribution in [1.29, 1.82) is 0 Å². The predicted octanol–water partition coefficient (Wildman–Crippen LogP) is 3.27. The molecule has 0 radical (unpaired) electrons. The zero-order valence-corrected chi connectivity index (χ0v) is 13.9. The summed E-state index contributed by atoms with van der Waals surface area (Å²) >= 11 is 0. The average molecular weight is 352 g/mol. The van der Waals surface area contributed by atoms with Crippen LogP contribution in [-0.4, -0.2) is 23.8 Å². The van der Waals surface area contributed by atoms with Gasteiger partial charge in [0.05, 0.1) is 6.10 Å². The van der Waals surface area contributed by atoms with Gasteiger partial charge >= 0.3 is 6.09 Å². The average Bonchev–Trinajstić information content (AvgIpc) is 2.99. The first kappa shape index (κ1) is 16.6. The maximum absolute atomic E-state index is 13.5. The fourth-order valence-electron chi connectivity index (χ4n) is 3.03. The molecule has 2 aromatic rings. The third-order valence-corrected chi connectivity index (χ3v) is 4.46. The molecule has 0 aliphatic carbocycles. The number of cyclic esters (lactones) is 1. The Hall–Kier alpha value is -2.91. The van der Waals surface area contributed by atoms with Gasteiger partial charge in [0.1, 0.15) is 11.9 Å². The molecule has 2 saturated heterocycles. The van der Waals surface area contributed by atoms with Gasteiger partial charge < -0.3 is 14.8 Å². The van der Waals surface area contributed by atoms with E-state index in [4.69, 9.17) is 9.47 Å². The molecule has 2 aliphatic rings. The molecule has 4 rings (SSSR count). The van der Waals surface area contributed by atoms with Crippen molar-refractivity contribution in [2.75, 3.05) is 6.61 Å². The van der Waals surface area contributed by atoms with Crippen molar-refractivity contribution in [1.82, 2.24) is 10.3 Å². The highest BCUT2D eigenvalue weighted by atomic mass is 19.1. The van der Waals surface area contributed by atoms with Crippen LogP contribution in [0.4, 0.5) is 9.18 Å². The molecule has 3 heterocycles. The molecule has 3 atom stereocenters. The normalized spacial score (nSPS) is 24.0. The van der Waals surface area contributed by atoms with E-state index in [1.165, 1.54) is 12.1 Å². The van der Waals surface area contributed by atoms with E-state index in [0.29, 0.717) is 12.0 Å². The number of aromatic nitrogens is 1. The van der Waals surface area contributed by atoms with Gasteiger partial charge in [0.15, 0.2) is 6.10 Å². The Labute approximate surface area is 150 Å². The lowest BCUT2D eigenvalue weighted by Crippen LogP contribution is -2.25. The number of hydrogen-bond donors (Lipinski definition) is 1. The molecule has 26 heavy (non-hydrogen) atoms. The first-order valence-electron chi connectivity index (χ1n) is 8.47. The van der Waals surface area contributed by atoms with Gasteiger partial charge in [-0.25, -0.2) is 9.18 Å². The molecule has 0 bridgehead atoms. The van der Waals surface area contributed by atoms with Crippen LogP contribution in [0.1, 0.15) is 41.7 Å². The van der Waals surface area contributed by atoms with Gasteiger partial charge in [-0.3, -0.25) is 4.98 Å². The van der Waals surface area contributed by atoms with E-state index in [2.05, 4.69) is 22.1 Å². The maximum atomic E-state index is 13.5. The summed E-state index contributed by atoms with van der Waals surface area (Å²) < 4.78 is 24.2. The van der Waals surface area contributed by atoms with Gasteiger partial charge in [0.25, 0.3) is 0 Å². The quantitative estimate of drug-likeness (QED) is 0.862. The Bertz CT molecular complexity index is 886. The van der Waals surface area contributed by atoms with Crippen LogP contribution in [0.5, 0.6) is 0 Å². The standard InChI is InChI=1S/C20H17FN2O3/c21-16-5-2-4-14(10-16)19-18(23-20(24)26-19)15-9-13(11-22-12-15)3-1-6-17-7-8-25-17/h2,4-5,9-12,17-19H,6-8H2,(H,23,24)/t17?,18-,19-/m1/s1. The molecular weight excluding hydrogens is 335 g/mol. The van der Waals surface area contributed by atoms with Crippen LogP contribution in [0.2, 0.25) is 0 Å². The maximum Gasteiger partial charge on any atom is 0.408 e. The molecule has 132 valence electrons. The lowest BCUT2D eigenvalue weighted by molar-refractivity contribution is -0.0463. The van der Waals surface area contributed by atoms with E-state index in [0.717, 1.165) is 24.2 Å². The zero-order valence-electron chi connectivity index (χ0n) is 13.9. The topological polar surface area (TPSA) is 60.5 Å². The van der Waals surface area contributed by atoms with Crippen LogP contribution >= 0.6 is 0 Å². The first-order valence-corrected chi connectivity index (χ1v) is 8.47. The Morgan fingerprint density at radius 1 is 1.27 bits per heavy atom. The van der Waals surface area contributed by atoms with Crippen LogP contribution in [0.25, 0.3) is 0 Å². The Kier molecular flexibility index (Phi) is 4.55. The lowest BCUT2D eigenvalue weighted by Gasteiger charge is -2.23. The van der Waals surface area contributed by atoms with Crippen LogP contribution in [0, 0.1) is 17.7 Å². The molecule has 6 heteroatoms. The number of alkyl carbamates (subject to hydrolysis) is 1. The summed E-state index contributed by atoms with van der Waals surface area (Å²) in [5, 5.41) is 2.77. The minimum absolute atomic E-state index is 0.235. The number of nitrogens with zero attached hydrogens (tertiary/aromatic N) is 1. The van der Waals surface area contributed by atoms with Crippen molar-refractivity contribution in [2.24, 2.45) is 0 Å². The number of nitrogens with one attached hydrogen (secondary N) is 1.